The van der Waals surface area contributed by atoms with E-state index in [9.17, 15) is 10.0 Å². The van der Waals surface area contributed by atoms with E-state index < -0.39 is 0 Å². The average molecular weight is 207 g/mol. The molecule has 1 aromatic rings. The van der Waals surface area contributed by atoms with E-state index in [4.69, 9.17) is 0 Å². The Morgan fingerprint density at radius 2 is 1.93 bits per heavy atom. The largest absolute Gasteiger partial charge is 0.425 e. The summed E-state index contributed by atoms with van der Waals surface area (Å²) in [6.45, 7) is 3.68. The van der Waals surface area contributed by atoms with Crippen LogP contribution in [0.1, 0.15) is 48.4 Å². The highest BCUT2D eigenvalue weighted by atomic mass is 16.5. The van der Waals surface area contributed by atoms with Crippen molar-refractivity contribution >= 4 is 0 Å². The van der Waals surface area contributed by atoms with Crippen LogP contribution < -0.4 is 5.56 Å². The number of hydrogen-bond acceptors (Lipinski definition) is 2. The van der Waals surface area contributed by atoms with Crippen molar-refractivity contribution < 1.29 is 5.21 Å². The summed E-state index contributed by atoms with van der Waals surface area (Å²) in [5, 5.41) is 9.77. The topological polar surface area (TPSA) is 42.2 Å². The van der Waals surface area contributed by atoms with Gasteiger partial charge >= 0.3 is 0 Å². The number of aromatic nitrogens is 1. The first-order valence-electron chi connectivity index (χ1n) is 5.53. The van der Waals surface area contributed by atoms with Gasteiger partial charge in [0.2, 0.25) is 0 Å². The predicted molar refractivity (Wildman–Crippen MR) is 58.6 cm³/mol. The molecular formula is C12H17NO2. The molecule has 0 spiro atoms. The van der Waals surface area contributed by atoms with E-state index in [1.165, 1.54) is 12.8 Å². The Hall–Kier alpha value is -1.25. The lowest BCUT2D eigenvalue weighted by atomic mass is 10.0. The number of rotatable bonds is 1. The van der Waals surface area contributed by atoms with Gasteiger partial charge in [-0.15, -0.1) is 0 Å². The van der Waals surface area contributed by atoms with Crippen LogP contribution in [0.2, 0.25) is 0 Å². The lowest BCUT2D eigenvalue weighted by Gasteiger charge is -2.14. The van der Waals surface area contributed by atoms with Crippen molar-refractivity contribution in [3.05, 3.63) is 33.2 Å². The minimum Gasteiger partial charge on any atom is -0.425 e. The molecule has 1 heterocycles. The maximum atomic E-state index is 11.7. The Balaban J connectivity index is 2.52. The third-order valence-corrected chi connectivity index (χ3v) is 3.49. The molecular weight excluding hydrogens is 190 g/mol. The van der Waals surface area contributed by atoms with Crippen molar-refractivity contribution in [1.82, 2.24) is 4.73 Å². The minimum absolute atomic E-state index is 0.267. The average Bonchev–Trinajstić information content (AvgIpc) is 2.73. The summed E-state index contributed by atoms with van der Waals surface area (Å²) in [5.74, 6) is 0.363. The molecule has 0 unspecified atom stereocenters. The lowest BCUT2D eigenvalue weighted by molar-refractivity contribution is 0.160. The number of aryl methyl sites for hydroxylation is 1. The number of nitrogens with zero attached hydrogens (tertiary/aromatic N) is 1. The molecule has 15 heavy (non-hydrogen) atoms. The van der Waals surface area contributed by atoms with E-state index in [-0.39, 0.29) is 5.56 Å². The molecule has 2 rings (SSSR count). The van der Waals surface area contributed by atoms with Crippen molar-refractivity contribution in [3.63, 3.8) is 0 Å². The standard InChI is InChI=1S/C12H17NO2/c1-8-7-11(10-5-3-4-6-10)13(15)12(14)9(8)2/h7,10,15H,3-6H2,1-2H3. The first kappa shape index (κ1) is 10.3. The zero-order valence-corrected chi connectivity index (χ0v) is 9.29. The van der Waals surface area contributed by atoms with Gasteiger partial charge < -0.3 is 5.21 Å². The molecule has 0 aromatic carbocycles. The summed E-state index contributed by atoms with van der Waals surface area (Å²) < 4.78 is 0.846. The van der Waals surface area contributed by atoms with E-state index in [1.807, 2.05) is 13.0 Å². The molecule has 0 amide bonds. The van der Waals surface area contributed by atoms with E-state index in [2.05, 4.69) is 0 Å². The van der Waals surface area contributed by atoms with E-state index >= 15 is 0 Å². The molecule has 1 saturated carbocycles. The second kappa shape index (κ2) is 3.72. The monoisotopic (exact) mass is 207 g/mol. The Kier molecular flexibility index (Phi) is 2.55. The summed E-state index contributed by atoms with van der Waals surface area (Å²) in [4.78, 5) is 11.7. The molecule has 0 radical (unpaired) electrons. The highest BCUT2D eigenvalue weighted by molar-refractivity contribution is 5.26. The van der Waals surface area contributed by atoms with Gasteiger partial charge in [0.25, 0.3) is 5.56 Å². The maximum Gasteiger partial charge on any atom is 0.286 e. The second-order valence-electron chi connectivity index (χ2n) is 4.48. The molecule has 1 aromatic heterocycles. The van der Waals surface area contributed by atoms with E-state index in [0.29, 0.717) is 11.5 Å². The highest BCUT2D eigenvalue weighted by Crippen LogP contribution is 2.33. The molecule has 3 heteroatoms. The van der Waals surface area contributed by atoms with E-state index in [0.717, 1.165) is 28.8 Å². The number of hydrogen-bond donors (Lipinski definition) is 1. The first-order valence-corrected chi connectivity index (χ1v) is 5.53. The van der Waals surface area contributed by atoms with Gasteiger partial charge in [-0.1, -0.05) is 12.8 Å². The van der Waals surface area contributed by atoms with Gasteiger partial charge in [-0.05, 0) is 38.3 Å². The minimum atomic E-state index is -0.267. The summed E-state index contributed by atoms with van der Waals surface area (Å²) in [7, 11) is 0. The molecule has 0 saturated heterocycles. The van der Waals surface area contributed by atoms with Crippen molar-refractivity contribution in [1.29, 1.82) is 0 Å². The van der Waals surface area contributed by atoms with Crippen LogP contribution in [0.15, 0.2) is 10.9 Å². The van der Waals surface area contributed by atoms with Gasteiger partial charge in [-0.2, -0.15) is 4.73 Å². The summed E-state index contributed by atoms with van der Waals surface area (Å²) >= 11 is 0. The third kappa shape index (κ3) is 1.66. The summed E-state index contributed by atoms with van der Waals surface area (Å²) in [6.07, 6.45) is 4.57. The van der Waals surface area contributed by atoms with Crippen molar-refractivity contribution in [2.45, 2.75) is 45.4 Å². The summed E-state index contributed by atoms with van der Waals surface area (Å²) in [5.41, 5.74) is 2.14. The fraction of sp³-hybridized carbons (Fsp3) is 0.583. The molecule has 0 bridgehead atoms. The van der Waals surface area contributed by atoms with Crippen LogP contribution in [0.25, 0.3) is 0 Å². The predicted octanol–water partition coefficient (Wildman–Crippen LogP) is 2.36. The highest BCUT2D eigenvalue weighted by Gasteiger charge is 2.21. The van der Waals surface area contributed by atoms with Crippen molar-refractivity contribution in [2.24, 2.45) is 0 Å². The fourth-order valence-electron chi connectivity index (χ4n) is 2.35. The molecule has 1 fully saturated rings. The molecule has 0 aliphatic heterocycles. The molecule has 82 valence electrons. The Morgan fingerprint density at radius 1 is 1.33 bits per heavy atom. The van der Waals surface area contributed by atoms with Gasteiger partial charge in [0.1, 0.15) is 0 Å². The van der Waals surface area contributed by atoms with Gasteiger partial charge in [-0.3, -0.25) is 4.79 Å². The fourth-order valence-corrected chi connectivity index (χ4v) is 2.35. The van der Waals surface area contributed by atoms with Gasteiger partial charge in [0, 0.05) is 11.5 Å². The Morgan fingerprint density at radius 3 is 2.53 bits per heavy atom. The molecule has 1 aliphatic rings. The number of pyridine rings is 1. The van der Waals surface area contributed by atoms with Crippen LogP contribution in [0.5, 0.6) is 0 Å². The van der Waals surface area contributed by atoms with Crippen LogP contribution in [0.4, 0.5) is 0 Å². The van der Waals surface area contributed by atoms with Crippen LogP contribution in [-0.4, -0.2) is 9.94 Å². The van der Waals surface area contributed by atoms with Crippen LogP contribution in [0.3, 0.4) is 0 Å². The first-order chi connectivity index (χ1) is 7.11. The quantitative estimate of drug-likeness (QED) is 0.718. The zero-order valence-electron chi connectivity index (χ0n) is 9.29. The Bertz CT molecular complexity index is 428. The smallest absolute Gasteiger partial charge is 0.286 e. The Labute approximate surface area is 89.3 Å². The zero-order chi connectivity index (χ0) is 11.0. The molecule has 3 nitrogen and oxygen atoms in total. The molecule has 1 aliphatic carbocycles. The SMILES string of the molecule is Cc1cc(C2CCCC2)n(O)c(=O)c1C. The third-order valence-electron chi connectivity index (χ3n) is 3.49. The summed E-state index contributed by atoms with van der Waals surface area (Å²) in [6, 6.07) is 1.95. The van der Waals surface area contributed by atoms with Crippen LogP contribution >= 0.6 is 0 Å². The molecule has 0 atom stereocenters. The van der Waals surface area contributed by atoms with Crippen LogP contribution in [-0.2, 0) is 0 Å². The maximum absolute atomic E-state index is 11.7. The van der Waals surface area contributed by atoms with E-state index in [1.54, 1.807) is 6.92 Å². The van der Waals surface area contributed by atoms with Crippen molar-refractivity contribution in [3.8, 4) is 0 Å². The van der Waals surface area contributed by atoms with Gasteiger partial charge in [0.05, 0.1) is 5.69 Å². The normalized spacial score (nSPS) is 17.2. The van der Waals surface area contributed by atoms with Gasteiger partial charge in [0.15, 0.2) is 0 Å². The van der Waals surface area contributed by atoms with Gasteiger partial charge in [-0.25, -0.2) is 0 Å². The van der Waals surface area contributed by atoms with Crippen LogP contribution in [0, 0.1) is 13.8 Å². The molecule has 1 N–H and O–H groups in total. The van der Waals surface area contributed by atoms with Crippen molar-refractivity contribution in [2.75, 3.05) is 0 Å². The lowest BCUT2D eigenvalue weighted by Crippen LogP contribution is -2.25. The second-order valence-corrected chi connectivity index (χ2v) is 4.48.